The van der Waals surface area contributed by atoms with E-state index in [0.717, 1.165) is 17.7 Å². The Hall–Kier alpha value is -1.28. The Morgan fingerprint density at radius 2 is 2.33 bits per heavy atom. The van der Waals surface area contributed by atoms with E-state index in [-0.39, 0.29) is 19.2 Å². The number of hydrogen-bond donors (Lipinski definition) is 1. The van der Waals surface area contributed by atoms with Crippen LogP contribution in [0.5, 0.6) is 0 Å². The van der Waals surface area contributed by atoms with Crippen LogP contribution in [0.25, 0.3) is 0 Å². The molecule has 1 aliphatic rings. The number of carbonyl (C=O) groups is 1. The summed E-state index contributed by atoms with van der Waals surface area (Å²) >= 11 is 1.39. The molecule has 0 unspecified atom stereocenters. The van der Waals surface area contributed by atoms with Crippen molar-refractivity contribution in [3.8, 4) is 0 Å². The largest absolute Gasteiger partial charge is 0.406 e. The van der Waals surface area contributed by atoms with Crippen LogP contribution in [0.15, 0.2) is 16.8 Å². The lowest BCUT2D eigenvalue weighted by atomic mass is 10.2. The van der Waals surface area contributed by atoms with Gasteiger partial charge in [-0.2, -0.15) is 24.5 Å². The fourth-order valence-electron chi connectivity index (χ4n) is 2.14. The maximum Gasteiger partial charge on any atom is 0.406 e. The van der Waals surface area contributed by atoms with Gasteiger partial charge in [0, 0.05) is 19.7 Å². The average molecular weight is 322 g/mol. The molecule has 1 aromatic heterocycles. The van der Waals surface area contributed by atoms with Gasteiger partial charge in [0.05, 0.1) is 6.10 Å². The molecule has 0 saturated carbocycles. The number of ether oxygens (including phenoxy) is 1. The van der Waals surface area contributed by atoms with Gasteiger partial charge >= 0.3 is 12.2 Å². The summed E-state index contributed by atoms with van der Waals surface area (Å²) in [6.07, 6.45) is -2.77. The summed E-state index contributed by atoms with van der Waals surface area (Å²) in [6.45, 7) is -0.431. The van der Waals surface area contributed by atoms with Crippen LogP contribution in [-0.4, -0.2) is 42.9 Å². The van der Waals surface area contributed by atoms with Crippen molar-refractivity contribution in [1.82, 2.24) is 10.2 Å². The van der Waals surface area contributed by atoms with E-state index in [0.29, 0.717) is 12.2 Å². The second kappa shape index (κ2) is 7.13. The van der Waals surface area contributed by atoms with Gasteiger partial charge in [0.25, 0.3) is 0 Å². The molecule has 0 aromatic carbocycles. The van der Waals surface area contributed by atoms with E-state index in [2.05, 4.69) is 5.32 Å². The number of urea groups is 1. The number of carbonyl (C=O) groups excluding carboxylic acids is 1. The van der Waals surface area contributed by atoms with Gasteiger partial charge in [-0.05, 0) is 35.2 Å². The molecule has 21 heavy (non-hydrogen) atoms. The summed E-state index contributed by atoms with van der Waals surface area (Å²) in [5, 5.41) is 6.03. The highest BCUT2D eigenvalue weighted by Crippen LogP contribution is 2.19. The maximum absolute atomic E-state index is 12.6. The Morgan fingerprint density at radius 3 is 2.90 bits per heavy atom. The Morgan fingerprint density at radius 1 is 1.52 bits per heavy atom. The standard InChI is InChI=1S/C13H17F3N2O2S/c14-13(15,16)9-18(7-10-3-5-21-8-10)12(19)17-6-11-2-1-4-20-11/h3,5,8,11H,1-2,4,6-7,9H2,(H,17,19)/t11-/m1/s1. The van der Waals surface area contributed by atoms with Crippen LogP contribution in [-0.2, 0) is 11.3 Å². The van der Waals surface area contributed by atoms with Gasteiger partial charge in [-0.15, -0.1) is 0 Å². The number of amides is 2. The number of nitrogens with one attached hydrogen (secondary N) is 1. The van der Waals surface area contributed by atoms with Crippen molar-refractivity contribution in [3.05, 3.63) is 22.4 Å². The molecule has 2 rings (SSSR count). The van der Waals surface area contributed by atoms with Crippen molar-refractivity contribution in [2.45, 2.75) is 31.7 Å². The molecule has 2 amide bonds. The van der Waals surface area contributed by atoms with Gasteiger partial charge in [0.2, 0.25) is 0 Å². The molecule has 0 spiro atoms. The van der Waals surface area contributed by atoms with Crippen LogP contribution >= 0.6 is 11.3 Å². The molecule has 8 heteroatoms. The molecule has 1 aliphatic heterocycles. The Kier molecular flexibility index (Phi) is 5.46. The van der Waals surface area contributed by atoms with Gasteiger partial charge in [0.1, 0.15) is 6.54 Å². The lowest BCUT2D eigenvalue weighted by Crippen LogP contribution is -2.46. The highest BCUT2D eigenvalue weighted by Gasteiger charge is 2.33. The Bertz CT molecular complexity index is 445. The molecule has 0 radical (unpaired) electrons. The minimum absolute atomic E-state index is 0.0552. The van der Waals surface area contributed by atoms with Gasteiger partial charge in [-0.3, -0.25) is 0 Å². The van der Waals surface area contributed by atoms with E-state index < -0.39 is 18.8 Å². The summed E-state index contributed by atoms with van der Waals surface area (Å²) < 4.78 is 43.1. The van der Waals surface area contributed by atoms with E-state index in [1.54, 1.807) is 16.8 Å². The second-order valence-corrected chi connectivity index (χ2v) is 5.70. The fraction of sp³-hybridized carbons (Fsp3) is 0.615. The van der Waals surface area contributed by atoms with Crippen LogP contribution in [0.2, 0.25) is 0 Å². The van der Waals surface area contributed by atoms with Crippen LogP contribution in [0.3, 0.4) is 0 Å². The van der Waals surface area contributed by atoms with Crippen LogP contribution in [0, 0.1) is 0 Å². The molecule has 1 atom stereocenters. The monoisotopic (exact) mass is 322 g/mol. The normalized spacial score (nSPS) is 18.7. The summed E-state index contributed by atoms with van der Waals surface area (Å²) in [5.41, 5.74) is 0.691. The van der Waals surface area contributed by atoms with Crippen LogP contribution in [0.4, 0.5) is 18.0 Å². The summed E-state index contributed by atoms with van der Waals surface area (Å²) in [7, 11) is 0. The average Bonchev–Trinajstić information content (AvgIpc) is 3.06. The number of alkyl halides is 3. The number of rotatable bonds is 5. The molecule has 1 aromatic rings. The van der Waals surface area contributed by atoms with E-state index in [1.165, 1.54) is 11.3 Å². The predicted molar refractivity (Wildman–Crippen MR) is 73.2 cm³/mol. The molecule has 1 fully saturated rings. The highest BCUT2D eigenvalue weighted by molar-refractivity contribution is 7.07. The SMILES string of the molecule is O=C(NC[C@H]1CCCO1)N(Cc1ccsc1)CC(F)(F)F. The molecule has 1 N–H and O–H groups in total. The van der Waals surface area contributed by atoms with Crippen molar-refractivity contribution in [3.63, 3.8) is 0 Å². The second-order valence-electron chi connectivity index (χ2n) is 4.92. The van der Waals surface area contributed by atoms with Gasteiger partial charge < -0.3 is 15.0 Å². The maximum atomic E-state index is 12.6. The van der Waals surface area contributed by atoms with E-state index in [9.17, 15) is 18.0 Å². The number of hydrogen-bond acceptors (Lipinski definition) is 3. The summed E-state index contributed by atoms with van der Waals surface area (Å²) in [6, 6.07) is 0.996. The van der Waals surface area contributed by atoms with Crippen molar-refractivity contribution in [1.29, 1.82) is 0 Å². The van der Waals surface area contributed by atoms with Gasteiger partial charge in [0.15, 0.2) is 0 Å². The van der Waals surface area contributed by atoms with Crippen molar-refractivity contribution < 1.29 is 22.7 Å². The van der Waals surface area contributed by atoms with Crippen molar-refractivity contribution in [2.24, 2.45) is 0 Å². The molecular weight excluding hydrogens is 305 g/mol. The minimum Gasteiger partial charge on any atom is -0.376 e. The van der Waals surface area contributed by atoms with Crippen molar-refractivity contribution >= 4 is 17.4 Å². The first kappa shape index (κ1) is 16.1. The first-order chi connectivity index (χ1) is 9.94. The fourth-order valence-corrected chi connectivity index (χ4v) is 2.80. The molecule has 0 bridgehead atoms. The molecule has 4 nitrogen and oxygen atoms in total. The Balaban J connectivity index is 1.91. The number of halogens is 3. The van der Waals surface area contributed by atoms with Gasteiger partial charge in [-0.25, -0.2) is 4.79 Å². The zero-order valence-corrected chi connectivity index (χ0v) is 12.2. The van der Waals surface area contributed by atoms with Gasteiger partial charge in [-0.1, -0.05) is 0 Å². The lowest BCUT2D eigenvalue weighted by molar-refractivity contribution is -0.140. The smallest absolute Gasteiger partial charge is 0.376 e. The van der Waals surface area contributed by atoms with Crippen molar-refractivity contribution in [2.75, 3.05) is 19.7 Å². The minimum atomic E-state index is -4.42. The van der Waals surface area contributed by atoms with E-state index in [1.807, 2.05) is 0 Å². The third-order valence-electron chi connectivity index (χ3n) is 3.12. The zero-order chi connectivity index (χ0) is 15.3. The van der Waals surface area contributed by atoms with E-state index >= 15 is 0 Å². The molecule has 2 heterocycles. The first-order valence-corrected chi connectivity index (χ1v) is 7.60. The van der Waals surface area contributed by atoms with Crippen LogP contribution < -0.4 is 5.32 Å². The lowest BCUT2D eigenvalue weighted by Gasteiger charge is -2.24. The number of thiophene rings is 1. The predicted octanol–water partition coefficient (Wildman–Crippen LogP) is 3.00. The topological polar surface area (TPSA) is 41.6 Å². The summed E-state index contributed by atoms with van der Waals surface area (Å²) in [5.74, 6) is 0. The molecular formula is C13H17F3N2O2S. The van der Waals surface area contributed by atoms with E-state index in [4.69, 9.17) is 4.74 Å². The highest BCUT2D eigenvalue weighted by atomic mass is 32.1. The third kappa shape index (κ3) is 5.55. The quantitative estimate of drug-likeness (QED) is 0.905. The number of nitrogens with zero attached hydrogens (tertiary/aromatic N) is 1. The zero-order valence-electron chi connectivity index (χ0n) is 11.4. The third-order valence-corrected chi connectivity index (χ3v) is 3.85. The molecule has 0 aliphatic carbocycles. The molecule has 118 valence electrons. The molecule has 1 saturated heterocycles. The Labute approximate surface area is 124 Å². The van der Waals surface area contributed by atoms with Crippen LogP contribution in [0.1, 0.15) is 18.4 Å². The first-order valence-electron chi connectivity index (χ1n) is 6.66. The summed E-state index contributed by atoms with van der Waals surface area (Å²) in [4.78, 5) is 12.7.